The summed E-state index contributed by atoms with van der Waals surface area (Å²) in [5.74, 6) is 1.24. The minimum Gasteiger partial charge on any atom is -0.390 e. The van der Waals surface area contributed by atoms with Gasteiger partial charge in [0.1, 0.15) is 0 Å². The first-order valence-electron chi connectivity index (χ1n) is 6.78. The molecule has 0 aliphatic heterocycles. The van der Waals surface area contributed by atoms with Crippen LogP contribution in [0.3, 0.4) is 0 Å². The molecule has 0 heterocycles. The molecule has 0 saturated heterocycles. The van der Waals surface area contributed by atoms with E-state index in [0.29, 0.717) is 12.5 Å². The molecule has 0 amide bonds. The Morgan fingerprint density at radius 3 is 2.25 bits per heavy atom. The summed E-state index contributed by atoms with van der Waals surface area (Å²) in [6.07, 6.45) is 7.34. The van der Waals surface area contributed by atoms with Gasteiger partial charge in [0, 0.05) is 7.11 Å². The molecule has 3 atom stereocenters. The molecule has 0 bridgehead atoms. The predicted octanol–water partition coefficient (Wildman–Crippen LogP) is 3.63. The van der Waals surface area contributed by atoms with Crippen LogP contribution in [-0.2, 0) is 4.74 Å². The second-order valence-corrected chi connectivity index (χ2v) is 5.15. The number of aliphatic hydroxyl groups is 1. The van der Waals surface area contributed by atoms with Crippen LogP contribution in [-0.4, -0.2) is 24.9 Å². The van der Waals surface area contributed by atoms with E-state index in [4.69, 9.17) is 4.74 Å². The van der Waals surface area contributed by atoms with Crippen molar-refractivity contribution in [3.05, 3.63) is 0 Å². The minimum absolute atomic E-state index is 0.292. The fourth-order valence-corrected chi connectivity index (χ4v) is 1.87. The lowest BCUT2D eigenvalue weighted by Gasteiger charge is -2.17. The quantitative estimate of drug-likeness (QED) is 0.581. The molecule has 0 aromatic carbocycles. The van der Waals surface area contributed by atoms with Crippen LogP contribution in [0.1, 0.15) is 59.3 Å². The number of unbranched alkanes of at least 4 members (excludes halogenated alkanes) is 2. The van der Waals surface area contributed by atoms with Gasteiger partial charge in [-0.15, -0.1) is 0 Å². The molecule has 0 aliphatic rings. The van der Waals surface area contributed by atoms with Gasteiger partial charge in [-0.1, -0.05) is 52.9 Å². The largest absolute Gasteiger partial charge is 0.390 e. The first kappa shape index (κ1) is 15.9. The molecule has 16 heavy (non-hydrogen) atoms. The monoisotopic (exact) mass is 230 g/mol. The second kappa shape index (κ2) is 10.1. The lowest BCUT2D eigenvalue weighted by molar-refractivity contribution is 0.0273. The molecule has 2 heteroatoms. The van der Waals surface area contributed by atoms with Crippen molar-refractivity contribution in [3.8, 4) is 0 Å². The summed E-state index contributed by atoms with van der Waals surface area (Å²) in [5.41, 5.74) is 0. The van der Waals surface area contributed by atoms with Gasteiger partial charge >= 0.3 is 0 Å². The zero-order valence-corrected chi connectivity index (χ0v) is 11.5. The van der Waals surface area contributed by atoms with Gasteiger partial charge in [-0.3, -0.25) is 0 Å². The van der Waals surface area contributed by atoms with Gasteiger partial charge in [0.05, 0.1) is 12.7 Å². The van der Waals surface area contributed by atoms with E-state index in [1.807, 2.05) is 0 Å². The van der Waals surface area contributed by atoms with Crippen molar-refractivity contribution in [2.24, 2.45) is 11.8 Å². The number of hydrogen-bond acceptors (Lipinski definition) is 2. The molecule has 0 aliphatic carbocycles. The first-order chi connectivity index (χ1) is 7.61. The van der Waals surface area contributed by atoms with Crippen LogP contribution in [0.5, 0.6) is 0 Å². The topological polar surface area (TPSA) is 29.5 Å². The van der Waals surface area contributed by atoms with Gasteiger partial charge in [-0.2, -0.15) is 0 Å². The van der Waals surface area contributed by atoms with Crippen LogP contribution < -0.4 is 0 Å². The minimum atomic E-state index is -0.292. The van der Waals surface area contributed by atoms with Crippen molar-refractivity contribution in [2.75, 3.05) is 13.7 Å². The zero-order valence-electron chi connectivity index (χ0n) is 11.5. The van der Waals surface area contributed by atoms with E-state index >= 15 is 0 Å². The van der Waals surface area contributed by atoms with Gasteiger partial charge < -0.3 is 9.84 Å². The first-order valence-corrected chi connectivity index (χ1v) is 6.78. The number of rotatable bonds is 10. The number of hydrogen-bond donors (Lipinski definition) is 1. The van der Waals surface area contributed by atoms with Crippen molar-refractivity contribution in [2.45, 2.75) is 65.4 Å². The van der Waals surface area contributed by atoms with Crippen molar-refractivity contribution in [3.63, 3.8) is 0 Å². The molecule has 0 rings (SSSR count). The maximum absolute atomic E-state index is 9.68. The highest BCUT2D eigenvalue weighted by Gasteiger charge is 2.13. The average Bonchev–Trinajstić information content (AvgIpc) is 2.28. The van der Waals surface area contributed by atoms with Gasteiger partial charge in [-0.25, -0.2) is 0 Å². The molecular formula is C14H30O2. The van der Waals surface area contributed by atoms with E-state index in [-0.39, 0.29) is 6.10 Å². The lowest BCUT2D eigenvalue weighted by atomic mass is 9.95. The van der Waals surface area contributed by atoms with Crippen LogP contribution >= 0.6 is 0 Å². The summed E-state index contributed by atoms with van der Waals surface area (Å²) in [5, 5.41) is 9.68. The molecule has 3 unspecified atom stereocenters. The summed E-state index contributed by atoms with van der Waals surface area (Å²) in [6, 6.07) is 0. The maximum Gasteiger partial charge on any atom is 0.0798 e. The summed E-state index contributed by atoms with van der Waals surface area (Å²) >= 11 is 0. The molecule has 98 valence electrons. The van der Waals surface area contributed by atoms with E-state index in [1.165, 1.54) is 32.1 Å². The molecule has 0 radical (unpaired) electrons. The Labute approximate surface area is 101 Å². The van der Waals surface area contributed by atoms with E-state index < -0.39 is 0 Å². The van der Waals surface area contributed by atoms with Gasteiger partial charge in [0.2, 0.25) is 0 Å². The average molecular weight is 230 g/mol. The van der Waals surface area contributed by atoms with Crippen molar-refractivity contribution in [1.82, 2.24) is 0 Å². The third-order valence-electron chi connectivity index (χ3n) is 3.55. The predicted molar refractivity (Wildman–Crippen MR) is 69.6 cm³/mol. The summed E-state index contributed by atoms with van der Waals surface area (Å²) in [7, 11) is 1.64. The Kier molecular flexibility index (Phi) is 10.0. The molecule has 0 saturated carbocycles. The molecule has 0 fully saturated rings. The van der Waals surface area contributed by atoms with E-state index in [2.05, 4.69) is 20.8 Å². The van der Waals surface area contributed by atoms with Crippen LogP contribution in [0.4, 0.5) is 0 Å². The molecule has 0 aromatic rings. The normalized spacial score (nSPS) is 17.1. The van der Waals surface area contributed by atoms with Crippen molar-refractivity contribution in [1.29, 1.82) is 0 Å². The van der Waals surface area contributed by atoms with Crippen LogP contribution in [0.15, 0.2) is 0 Å². The fourth-order valence-electron chi connectivity index (χ4n) is 1.87. The SMILES string of the molecule is CCC(C)CCCCCC(C)C(O)COC. The molecule has 1 N–H and O–H groups in total. The van der Waals surface area contributed by atoms with Crippen molar-refractivity contribution >= 4 is 0 Å². The van der Waals surface area contributed by atoms with Gasteiger partial charge in [0.15, 0.2) is 0 Å². The van der Waals surface area contributed by atoms with E-state index in [9.17, 15) is 5.11 Å². The number of methoxy groups -OCH3 is 1. The summed E-state index contributed by atoms with van der Waals surface area (Å²) in [4.78, 5) is 0. The van der Waals surface area contributed by atoms with Crippen LogP contribution in [0, 0.1) is 11.8 Å². The maximum atomic E-state index is 9.68. The standard InChI is InChI=1S/C14H30O2/c1-5-12(2)9-7-6-8-10-13(3)14(15)11-16-4/h12-15H,5-11H2,1-4H3. The highest BCUT2D eigenvalue weighted by Crippen LogP contribution is 2.17. The smallest absolute Gasteiger partial charge is 0.0798 e. The van der Waals surface area contributed by atoms with E-state index in [0.717, 1.165) is 12.3 Å². The lowest BCUT2D eigenvalue weighted by Crippen LogP contribution is -2.22. The Morgan fingerprint density at radius 1 is 1.06 bits per heavy atom. The third kappa shape index (κ3) is 8.12. The second-order valence-electron chi connectivity index (χ2n) is 5.15. The Balaban J connectivity index is 3.37. The molecule has 0 spiro atoms. The van der Waals surface area contributed by atoms with Gasteiger partial charge in [0.25, 0.3) is 0 Å². The van der Waals surface area contributed by atoms with Crippen LogP contribution in [0.25, 0.3) is 0 Å². The number of ether oxygens (including phenoxy) is 1. The van der Waals surface area contributed by atoms with E-state index in [1.54, 1.807) is 7.11 Å². The molecular weight excluding hydrogens is 200 g/mol. The highest BCUT2D eigenvalue weighted by atomic mass is 16.5. The zero-order chi connectivity index (χ0) is 12.4. The molecule has 2 nitrogen and oxygen atoms in total. The molecule has 0 aromatic heterocycles. The highest BCUT2D eigenvalue weighted by molar-refractivity contribution is 4.64. The summed E-state index contributed by atoms with van der Waals surface area (Å²) < 4.78 is 4.95. The van der Waals surface area contributed by atoms with Gasteiger partial charge in [-0.05, 0) is 18.3 Å². The Morgan fingerprint density at radius 2 is 1.69 bits per heavy atom. The van der Waals surface area contributed by atoms with Crippen molar-refractivity contribution < 1.29 is 9.84 Å². The number of aliphatic hydroxyl groups excluding tert-OH is 1. The fraction of sp³-hybridized carbons (Fsp3) is 1.00. The summed E-state index contributed by atoms with van der Waals surface area (Å²) in [6.45, 7) is 7.16. The Bertz CT molecular complexity index is 148. The van der Waals surface area contributed by atoms with Crippen LogP contribution in [0.2, 0.25) is 0 Å². The third-order valence-corrected chi connectivity index (χ3v) is 3.55. The Hall–Kier alpha value is -0.0800.